The van der Waals surface area contributed by atoms with E-state index in [0.717, 1.165) is 19.3 Å². The lowest BCUT2D eigenvalue weighted by molar-refractivity contribution is -0.122. The summed E-state index contributed by atoms with van der Waals surface area (Å²) in [7, 11) is 0. The van der Waals surface area contributed by atoms with Crippen LogP contribution in [0.4, 0.5) is 11.4 Å². The molecule has 0 aliphatic heterocycles. The Labute approximate surface area is 205 Å². The molecule has 0 aliphatic carbocycles. The van der Waals surface area contributed by atoms with Crippen LogP contribution in [0, 0.1) is 0 Å². The molecule has 178 valence electrons. The third-order valence-corrected chi connectivity index (χ3v) is 5.37. The molecule has 34 heavy (non-hydrogen) atoms. The van der Waals surface area contributed by atoms with E-state index in [0.29, 0.717) is 40.1 Å². The molecule has 2 N–H and O–H groups in total. The van der Waals surface area contributed by atoms with Crippen LogP contribution in [0.3, 0.4) is 0 Å². The molecule has 3 rings (SSSR count). The topological polar surface area (TPSA) is 76.7 Å². The fourth-order valence-electron chi connectivity index (χ4n) is 3.18. The Balaban J connectivity index is 1.56. The maximum atomic E-state index is 12.8. The van der Waals surface area contributed by atoms with Gasteiger partial charge < -0.3 is 20.1 Å². The first-order chi connectivity index (χ1) is 16.5. The molecule has 0 aliphatic rings. The predicted octanol–water partition coefficient (Wildman–Crippen LogP) is 6.57. The molecule has 3 aromatic carbocycles. The lowest BCUT2D eigenvalue weighted by Crippen LogP contribution is -2.30. The van der Waals surface area contributed by atoms with E-state index in [1.54, 1.807) is 73.7 Å². The minimum absolute atomic E-state index is 0.260. The Bertz CT molecular complexity index is 1100. The molecule has 0 saturated heterocycles. The number of anilines is 2. The van der Waals surface area contributed by atoms with E-state index >= 15 is 0 Å². The van der Waals surface area contributed by atoms with Gasteiger partial charge in [-0.1, -0.05) is 55.6 Å². The second-order valence-electron chi connectivity index (χ2n) is 7.76. The van der Waals surface area contributed by atoms with Gasteiger partial charge >= 0.3 is 0 Å². The Hall–Kier alpha value is -3.51. The highest BCUT2D eigenvalue weighted by Gasteiger charge is 2.17. The Kier molecular flexibility index (Phi) is 9.35. The van der Waals surface area contributed by atoms with E-state index in [1.165, 1.54) is 0 Å². The fourth-order valence-corrected chi connectivity index (χ4v) is 3.36. The maximum Gasteiger partial charge on any atom is 0.265 e. The average molecular weight is 481 g/mol. The molecular weight excluding hydrogens is 452 g/mol. The van der Waals surface area contributed by atoms with Crippen LogP contribution in [0.5, 0.6) is 11.5 Å². The third kappa shape index (κ3) is 7.25. The second kappa shape index (κ2) is 12.7. The Morgan fingerprint density at radius 3 is 2.15 bits per heavy atom. The number of rotatable bonds is 11. The van der Waals surface area contributed by atoms with Gasteiger partial charge in [-0.3, -0.25) is 9.59 Å². The zero-order chi connectivity index (χ0) is 24.3. The van der Waals surface area contributed by atoms with E-state index < -0.39 is 6.10 Å². The number of para-hydroxylation sites is 2. The quantitative estimate of drug-likeness (QED) is 0.304. The summed E-state index contributed by atoms with van der Waals surface area (Å²) in [6, 6.07) is 21.0. The average Bonchev–Trinajstić information content (AvgIpc) is 2.84. The van der Waals surface area contributed by atoms with Crippen molar-refractivity contribution in [3.05, 3.63) is 83.4 Å². The first-order valence-electron chi connectivity index (χ1n) is 11.3. The van der Waals surface area contributed by atoms with E-state index in [9.17, 15) is 9.59 Å². The van der Waals surface area contributed by atoms with Gasteiger partial charge in [0, 0.05) is 11.4 Å². The predicted molar refractivity (Wildman–Crippen MR) is 136 cm³/mol. The molecule has 2 amide bonds. The van der Waals surface area contributed by atoms with Crippen molar-refractivity contribution in [2.45, 2.75) is 39.2 Å². The number of hydrogen-bond donors (Lipinski definition) is 2. The standard InChI is InChI=1S/C27H29ClN2O4/c1-3-4-9-18-33-24-12-7-5-10-22(24)27(32)30-21-16-14-20(15-17-21)29-26(31)19(2)34-25-13-8-6-11-23(25)28/h5-8,10-17,19H,3-4,9,18H2,1-2H3,(H,29,31)(H,30,32). The van der Waals surface area contributed by atoms with E-state index in [2.05, 4.69) is 17.6 Å². The summed E-state index contributed by atoms with van der Waals surface area (Å²) < 4.78 is 11.4. The van der Waals surface area contributed by atoms with Crippen LogP contribution in [0.25, 0.3) is 0 Å². The molecule has 0 fully saturated rings. The van der Waals surface area contributed by atoms with Crippen LogP contribution in [0.1, 0.15) is 43.5 Å². The fraction of sp³-hybridized carbons (Fsp3) is 0.259. The zero-order valence-electron chi connectivity index (χ0n) is 19.3. The molecule has 1 unspecified atom stereocenters. The highest BCUT2D eigenvalue weighted by molar-refractivity contribution is 6.32. The van der Waals surface area contributed by atoms with Crippen LogP contribution >= 0.6 is 11.6 Å². The molecule has 0 heterocycles. The first-order valence-corrected chi connectivity index (χ1v) is 11.7. The molecule has 0 radical (unpaired) electrons. The Morgan fingerprint density at radius 1 is 0.853 bits per heavy atom. The van der Waals surface area contributed by atoms with Crippen LogP contribution in [-0.2, 0) is 4.79 Å². The highest BCUT2D eigenvalue weighted by atomic mass is 35.5. The minimum atomic E-state index is -0.742. The summed E-state index contributed by atoms with van der Waals surface area (Å²) in [6.07, 6.45) is 2.40. The number of carbonyl (C=O) groups is 2. The number of benzene rings is 3. The SMILES string of the molecule is CCCCCOc1ccccc1C(=O)Nc1ccc(NC(=O)C(C)Oc2ccccc2Cl)cc1. The largest absolute Gasteiger partial charge is 0.493 e. The van der Waals surface area contributed by atoms with Crippen molar-refractivity contribution >= 4 is 34.8 Å². The van der Waals surface area contributed by atoms with Crippen LogP contribution in [0.2, 0.25) is 5.02 Å². The number of unbranched alkanes of at least 4 members (excludes halogenated alkanes) is 2. The smallest absolute Gasteiger partial charge is 0.265 e. The number of carbonyl (C=O) groups excluding carboxylic acids is 2. The maximum absolute atomic E-state index is 12.8. The summed E-state index contributed by atoms with van der Waals surface area (Å²) in [5.41, 5.74) is 1.66. The molecule has 3 aromatic rings. The number of amides is 2. The Morgan fingerprint density at radius 2 is 1.47 bits per heavy atom. The van der Waals surface area contributed by atoms with Crippen molar-refractivity contribution in [1.29, 1.82) is 0 Å². The molecule has 1 atom stereocenters. The van der Waals surface area contributed by atoms with Gasteiger partial charge in [-0.05, 0) is 61.9 Å². The first kappa shape index (κ1) is 25.1. The summed E-state index contributed by atoms with van der Waals surface area (Å²) >= 11 is 6.08. The lowest BCUT2D eigenvalue weighted by atomic mass is 10.1. The molecule has 0 spiro atoms. The van der Waals surface area contributed by atoms with Crippen molar-refractivity contribution in [3.8, 4) is 11.5 Å². The van der Waals surface area contributed by atoms with E-state index in [1.807, 2.05) is 6.07 Å². The van der Waals surface area contributed by atoms with Crippen molar-refractivity contribution in [2.75, 3.05) is 17.2 Å². The number of nitrogens with one attached hydrogen (secondary N) is 2. The van der Waals surface area contributed by atoms with Gasteiger partial charge in [-0.25, -0.2) is 0 Å². The van der Waals surface area contributed by atoms with E-state index in [-0.39, 0.29) is 11.8 Å². The van der Waals surface area contributed by atoms with Crippen molar-refractivity contribution in [2.24, 2.45) is 0 Å². The van der Waals surface area contributed by atoms with E-state index in [4.69, 9.17) is 21.1 Å². The van der Waals surface area contributed by atoms with Gasteiger partial charge in [0.1, 0.15) is 11.5 Å². The molecular formula is C27H29ClN2O4. The summed E-state index contributed by atoms with van der Waals surface area (Å²) in [6.45, 7) is 4.35. The highest BCUT2D eigenvalue weighted by Crippen LogP contribution is 2.25. The second-order valence-corrected chi connectivity index (χ2v) is 8.17. The van der Waals surface area contributed by atoms with Gasteiger partial charge in [-0.15, -0.1) is 0 Å². The molecule has 0 bridgehead atoms. The summed E-state index contributed by atoms with van der Waals surface area (Å²) in [4.78, 5) is 25.3. The molecule has 7 heteroatoms. The van der Waals surface area contributed by atoms with Gasteiger partial charge in [0.2, 0.25) is 0 Å². The van der Waals surface area contributed by atoms with Gasteiger partial charge in [0.25, 0.3) is 11.8 Å². The van der Waals surface area contributed by atoms with Gasteiger partial charge in [0.05, 0.1) is 17.2 Å². The molecule has 6 nitrogen and oxygen atoms in total. The number of halogens is 1. The minimum Gasteiger partial charge on any atom is -0.493 e. The normalized spacial score (nSPS) is 11.4. The number of ether oxygens (including phenoxy) is 2. The van der Waals surface area contributed by atoms with Gasteiger partial charge in [-0.2, -0.15) is 0 Å². The van der Waals surface area contributed by atoms with Crippen molar-refractivity contribution in [3.63, 3.8) is 0 Å². The van der Waals surface area contributed by atoms with Crippen LogP contribution in [-0.4, -0.2) is 24.5 Å². The molecule has 0 aromatic heterocycles. The zero-order valence-corrected chi connectivity index (χ0v) is 20.1. The van der Waals surface area contributed by atoms with Crippen molar-refractivity contribution in [1.82, 2.24) is 0 Å². The van der Waals surface area contributed by atoms with Gasteiger partial charge in [0.15, 0.2) is 6.10 Å². The third-order valence-electron chi connectivity index (χ3n) is 5.06. The summed E-state index contributed by atoms with van der Waals surface area (Å²) in [5, 5.41) is 6.11. The monoisotopic (exact) mass is 480 g/mol. The molecule has 0 saturated carbocycles. The van der Waals surface area contributed by atoms with Crippen LogP contribution < -0.4 is 20.1 Å². The van der Waals surface area contributed by atoms with Crippen molar-refractivity contribution < 1.29 is 19.1 Å². The lowest BCUT2D eigenvalue weighted by Gasteiger charge is -2.16. The number of hydrogen-bond acceptors (Lipinski definition) is 4. The van der Waals surface area contributed by atoms with Crippen LogP contribution in [0.15, 0.2) is 72.8 Å². The summed E-state index contributed by atoms with van der Waals surface area (Å²) in [5.74, 6) is 0.433.